The van der Waals surface area contributed by atoms with Crippen molar-refractivity contribution in [1.29, 1.82) is 0 Å². The number of aromatic amines is 1. The Labute approximate surface area is 154 Å². The van der Waals surface area contributed by atoms with E-state index in [-0.39, 0.29) is 5.92 Å². The van der Waals surface area contributed by atoms with Crippen LogP contribution in [0.2, 0.25) is 0 Å². The van der Waals surface area contributed by atoms with Gasteiger partial charge in [-0.05, 0) is 31.7 Å². The van der Waals surface area contributed by atoms with E-state index in [1.54, 1.807) is 25.3 Å². The summed E-state index contributed by atoms with van der Waals surface area (Å²) in [5.41, 5.74) is 4.79. The van der Waals surface area contributed by atoms with E-state index in [1.165, 1.54) is 0 Å². The van der Waals surface area contributed by atoms with Crippen LogP contribution in [0.5, 0.6) is 0 Å². The highest BCUT2D eigenvalue weighted by molar-refractivity contribution is 6.10. The van der Waals surface area contributed by atoms with E-state index in [0.717, 1.165) is 28.6 Å². The van der Waals surface area contributed by atoms with E-state index < -0.39 is 35.8 Å². The third kappa shape index (κ3) is 2.90. The van der Waals surface area contributed by atoms with Crippen molar-refractivity contribution in [3.63, 3.8) is 0 Å². The monoisotopic (exact) mass is 369 g/mol. The number of benzene rings is 1. The highest BCUT2D eigenvalue weighted by Crippen LogP contribution is 2.42. The molecule has 0 spiro atoms. The van der Waals surface area contributed by atoms with Crippen LogP contribution in [0.3, 0.4) is 0 Å². The van der Waals surface area contributed by atoms with Gasteiger partial charge in [-0.2, -0.15) is 0 Å². The maximum atomic E-state index is 12.5. The van der Waals surface area contributed by atoms with Gasteiger partial charge < -0.3 is 10.3 Å². The fraction of sp³-hybridized carbons (Fsp3) is 0.333. The van der Waals surface area contributed by atoms with Crippen LogP contribution in [-0.2, 0) is 9.59 Å². The molecule has 2 heterocycles. The Morgan fingerprint density at radius 1 is 1.22 bits per heavy atom. The van der Waals surface area contributed by atoms with E-state index in [2.05, 4.69) is 21.2 Å². The van der Waals surface area contributed by atoms with Crippen LogP contribution in [0.15, 0.2) is 30.5 Å². The van der Waals surface area contributed by atoms with Crippen molar-refractivity contribution in [2.24, 2.45) is 5.92 Å². The fourth-order valence-electron chi connectivity index (χ4n) is 3.43. The van der Waals surface area contributed by atoms with Gasteiger partial charge in [0.2, 0.25) is 0 Å². The van der Waals surface area contributed by atoms with E-state index in [9.17, 15) is 19.2 Å². The molecule has 4 rings (SSSR count). The van der Waals surface area contributed by atoms with E-state index in [1.807, 2.05) is 12.1 Å². The summed E-state index contributed by atoms with van der Waals surface area (Å²) >= 11 is 0. The van der Waals surface area contributed by atoms with Gasteiger partial charge in [0.25, 0.3) is 17.7 Å². The standard InChI is InChI=1S/C18H19N5O4/c1-18(10-6-7-10)16(26)23(17(27)20-18)9-14(24)21-22-15(25)12-8-19-13-5-3-2-4-11(12)13/h2-5,8,10,19H,6-7,9H2,1H3,(H,20,27)(H,21,24)(H,22,25)/t18-/m0/s1. The summed E-state index contributed by atoms with van der Waals surface area (Å²) in [6.07, 6.45) is 3.30. The van der Waals surface area contributed by atoms with Gasteiger partial charge in [-0.25, -0.2) is 4.79 Å². The number of carbonyl (C=O) groups excluding carboxylic acids is 4. The molecule has 0 bridgehead atoms. The molecule has 1 saturated heterocycles. The first-order valence-corrected chi connectivity index (χ1v) is 8.69. The molecule has 1 aromatic carbocycles. The van der Waals surface area contributed by atoms with Crippen LogP contribution in [0.1, 0.15) is 30.1 Å². The number of hydrogen-bond donors (Lipinski definition) is 4. The molecule has 4 N–H and O–H groups in total. The van der Waals surface area contributed by atoms with Crippen molar-refractivity contribution in [3.8, 4) is 0 Å². The first-order valence-electron chi connectivity index (χ1n) is 8.69. The molecule has 2 aromatic rings. The number of rotatable bonds is 4. The van der Waals surface area contributed by atoms with Gasteiger partial charge in [0, 0.05) is 17.1 Å². The maximum absolute atomic E-state index is 12.5. The molecule has 5 amide bonds. The topological polar surface area (TPSA) is 123 Å². The number of fused-ring (bicyclic) bond motifs is 1. The Bertz CT molecular complexity index is 964. The van der Waals surface area contributed by atoms with Gasteiger partial charge in [-0.3, -0.25) is 30.1 Å². The van der Waals surface area contributed by atoms with Gasteiger partial charge >= 0.3 is 6.03 Å². The quantitative estimate of drug-likeness (QED) is 0.467. The molecule has 1 aromatic heterocycles. The van der Waals surface area contributed by atoms with Crippen LogP contribution in [0.25, 0.3) is 10.9 Å². The summed E-state index contributed by atoms with van der Waals surface area (Å²) in [4.78, 5) is 52.8. The predicted octanol–water partition coefficient (Wildman–Crippen LogP) is 0.649. The summed E-state index contributed by atoms with van der Waals surface area (Å²) in [6.45, 7) is 1.22. The molecule has 1 aliphatic heterocycles. The third-order valence-electron chi connectivity index (χ3n) is 5.15. The SMILES string of the molecule is C[C@@]1(C2CC2)NC(=O)N(CC(=O)NNC(=O)c2c[nH]c3ccccc23)C1=O. The van der Waals surface area contributed by atoms with E-state index in [0.29, 0.717) is 5.56 Å². The lowest BCUT2D eigenvalue weighted by Gasteiger charge is -2.20. The minimum absolute atomic E-state index is 0.114. The molecule has 2 fully saturated rings. The molecule has 1 atom stereocenters. The molecular weight excluding hydrogens is 350 g/mol. The lowest BCUT2D eigenvalue weighted by atomic mass is 9.96. The highest BCUT2D eigenvalue weighted by Gasteiger charge is 2.56. The number of para-hydroxylation sites is 1. The molecule has 9 nitrogen and oxygen atoms in total. The lowest BCUT2D eigenvalue weighted by molar-refractivity contribution is -0.135. The summed E-state index contributed by atoms with van der Waals surface area (Å²) in [7, 11) is 0. The Morgan fingerprint density at radius 3 is 2.70 bits per heavy atom. The van der Waals surface area contributed by atoms with Crippen molar-refractivity contribution in [2.45, 2.75) is 25.3 Å². The van der Waals surface area contributed by atoms with Crippen molar-refractivity contribution in [3.05, 3.63) is 36.0 Å². The van der Waals surface area contributed by atoms with Crippen molar-refractivity contribution < 1.29 is 19.2 Å². The van der Waals surface area contributed by atoms with Crippen LogP contribution >= 0.6 is 0 Å². The second-order valence-electron chi connectivity index (χ2n) is 7.05. The number of hydrazine groups is 1. The van der Waals surface area contributed by atoms with E-state index in [4.69, 9.17) is 0 Å². The van der Waals surface area contributed by atoms with Crippen molar-refractivity contribution in [2.75, 3.05) is 6.54 Å². The van der Waals surface area contributed by atoms with Gasteiger partial charge in [0.1, 0.15) is 12.1 Å². The van der Waals surface area contributed by atoms with Crippen molar-refractivity contribution in [1.82, 2.24) is 26.1 Å². The number of nitrogens with zero attached hydrogens (tertiary/aromatic N) is 1. The Kier molecular flexibility index (Phi) is 3.87. The normalized spacial score (nSPS) is 22.0. The largest absolute Gasteiger partial charge is 0.360 e. The number of nitrogens with one attached hydrogen (secondary N) is 4. The Hall–Kier alpha value is -3.36. The molecule has 140 valence electrons. The van der Waals surface area contributed by atoms with Crippen LogP contribution in [0, 0.1) is 5.92 Å². The first-order chi connectivity index (χ1) is 12.9. The zero-order valence-corrected chi connectivity index (χ0v) is 14.7. The summed E-state index contributed by atoms with van der Waals surface area (Å²) in [5.74, 6) is -1.45. The predicted molar refractivity (Wildman–Crippen MR) is 95.3 cm³/mol. The van der Waals surface area contributed by atoms with Crippen LogP contribution in [0.4, 0.5) is 4.79 Å². The van der Waals surface area contributed by atoms with E-state index >= 15 is 0 Å². The van der Waals surface area contributed by atoms with Gasteiger partial charge in [-0.15, -0.1) is 0 Å². The number of aromatic nitrogens is 1. The van der Waals surface area contributed by atoms with Crippen LogP contribution in [-0.4, -0.2) is 45.7 Å². The minimum Gasteiger partial charge on any atom is -0.360 e. The van der Waals surface area contributed by atoms with Gasteiger partial charge in [-0.1, -0.05) is 18.2 Å². The molecule has 0 radical (unpaired) electrons. The Balaban J connectivity index is 1.36. The minimum atomic E-state index is -0.940. The summed E-state index contributed by atoms with van der Waals surface area (Å²) in [5, 5.41) is 3.39. The highest BCUT2D eigenvalue weighted by atomic mass is 16.2. The molecule has 0 unspecified atom stereocenters. The second kappa shape index (κ2) is 6.11. The first kappa shape index (κ1) is 17.1. The number of amides is 5. The molecule has 1 saturated carbocycles. The number of urea groups is 1. The summed E-state index contributed by atoms with van der Waals surface area (Å²) in [6, 6.07) is 6.68. The smallest absolute Gasteiger partial charge is 0.325 e. The zero-order chi connectivity index (χ0) is 19.2. The molecular formula is C18H19N5O4. The molecule has 27 heavy (non-hydrogen) atoms. The molecule has 2 aliphatic rings. The number of H-pyrrole nitrogens is 1. The van der Waals surface area contributed by atoms with Crippen LogP contribution < -0.4 is 16.2 Å². The number of imide groups is 1. The maximum Gasteiger partial charge on any atom is 0.325 e. The second-order valence-corrected chi connectivity index (χ2v) is 7.05. The van der Waals surface area contributed by atoms with Gasteiger partial charge in [0.15, 0.2) is 0 Å². The zero-order valence-electron chi connectivity index (χ0n) is 14.7. The fourth-order valence-corrected chi connectivity index (χ4v) is 3.43. The third-order valence-corrected chi connectivity index (χ3v) is 5.15. The van der Waals surface area contributed by atoms with Crippen molar-refractivity contribution >= 4 is 34.7 Å². The average Bonchev–Trinajstić information content (AvgIpc) is 3.39. The Morgan fingerprint density at radius 2 is 1.96 bits per heavy atom. The lowest BCUT2D eigenvalue weighted by Crippen LogP contribution is -2.49. The van der Waals surface area contributed by atoms with Gasteiger partial charge in [0.05, 0.1) is 5.56 Å². The molecule has 9 heteroatoms. The number of hydrogen-bond acceptors (Lipinski definition) is 4. The summed E-state index contributed by atoms with van der Waals surface area (Å²) < 4.78 is 0. The molecule has 1 aliphatic carbocycles. The average molecular weight is 369 g/mol. The number of carbonyl (C=O) groups is 4.